The highest BCUT2D eigenvalue weighted by Gasteiger charge is 2.49. The van der Waals surface area contributed by atoms with Crippen LogP contribution in [0.15, 0.2) is 30.5 Å². The van der Waals surface area contributed by atoms with Crippen molar-refractivity contribution in [3.63, 3.8) is 0 Å². The Morgan fingerprint density at radius 1 is 1.06 bits per heavy atom. The number of hydrogen-bond donors (Lipinski definition) is 2. The molecule has 10 heteroatoms. The summed E-state index contributed by atoms with van der Waals surface area (Å²) in [5.41, 5.74) is 0.656. The van der Waals surface area contributed by atoms with E-state index in [2.05, 4.69) is 20.2 Å². The van der Waals surface area contributed by atoms with Gasteiger partial charge in [-0.1, -0.05) is 0 Å². The van der Waals surface area contributed by atoms with Crippen molar-refractivity contribution >= 4 is 29.3 Å². The molecule has 0 spiro atoms. The lowest BCUT2D eigenvalue weighted by Gasteiger charge is -2.42. The number of imidazole rings is 1. The Morgan fingerprint density at radius 3 is 2.31 bits per heavy atom. The normalized spacial score (nSPS) is 20.4. The second kappa shape index (κ2) is 9.83. The van der Waals surface area contributed by atoms with Gasteiger partial charge in [-0.15, -0.1) is 0 Å². The Morgan fingerprint density at radius 2 is 1.72 bits per heavy atom. The van der Waals surface area contributed by atoms with Crippen LogP contribution in [0.25, 0.3) is 0 Å². The zero-order valence-corrected chi connectivity index (χ0v) is 21.8. The highest BCUT2D eigenvalue weighted by atomic mass is 16.6. The van der Waals surface area contributed by atoms with E-state index in [1.165, 1.54) is 6.20 Å². The summed E-state index contributed by atoms with van der Waals surface area (Å²) in [5.74, 6) is 0.432. The molecule has 1 aromatic heterocycles. The van der Waals surface area contributed by atoms with Crippen LogP contribution in [0.5, 0.6) is 0 Å². The molecule has 2 N–H and O–H groups in total. The van der Waals surface area contributed by atoms with Crippen molar-refractivity contribution in [2.75, 3.05) is 42.9 Å². The van der Waals surface area contributed by atoms with Crippen LogP contribution in [-0.4, -0.2) is 81.5 Å². The van der Waals surface area contributed by atoms with Gasteiger partial charge in [0.1, 0.15) is 22.7 Å². The fourth-order valence-corrected chi connectivity index (χ4v) is 4.79. The van der Waals surface area contributed by atoms with Gasteiger partial charge in [-0.3, -0.25) is 14.5 Å². The Balaban J connectivity index is 1.33. The topological polar surface area (TPSA) is 111 Å². The first-order chi connectivity index (χ1) is 17.0. The number of piperazine rings is 1. The number of aromatic nitrogens is 2. The molecule has 2 aliphatic rings. The first-order valence-electron chi connectivity index (χ1n) is 12.4. The summed E-state index contributed by atoms with van der Waals surface area (Å²) < 4.78 is 5.57. The fraction of sp³-hybridized carbons (Fsp3) is 0.538. The molecule has 194 valence electrons. The highest BCUT2D eigenvalue weighted by molar-refractivity contribution is 6.02. The van der Waals surface area contributed by atoms with E-state index in [-0.39, 0.29) is 11.8 Å². The second-order valence-electron chi connectivity index (χ2n) is 10.7. The predicted octanol–water partition coefficient (Wildman–Crippen LogP) is 3.41. The first kappa shape index (κ1) is 25.5. The smallest absolute Gasteiger partial charge is 0.411 e. The second-order valence-corrected chi connectivity index (χ2v) is 10.7. The maximum Gasteiger partial charge on any atom is 0.411 e. The molecule has 2 fully saturated rings. The van der Waals surface area contributed by atoms with E-state index in [0.29, 0.717) is 56.4 Å². The van der Waals surface area contributed by atoms with Gasteiger partial charge in [-0.25, -0.2) is 9.78 Å². The van der Waals surface area contributed by atoms with Crippen LogP contribution < -0.4 is 10.2 Å². The highest BCUT2D eigenvalue weighted by Crippen LogP contribution is 2.33. The summed E-state index contributed by atoms with van der Waals surface area (Å²) in [5, 5.41) is 2.86. The molecule has 0 radical (unpaired) electrons. The van der Waals surface area contributed by atoms with Crippen molar-refractivity contribution in [2.45, 2.75) is 58.6 Å². The Bertz CT molecular complexity index is 1110. The van der Waals surface area contributed by atoms with E-state index in [0.717, 1.165) is 12.1 Å². The Labute approximate surface area is 212 Å². The van der Waals surface area contributed by atoms with E-state index < -0.39 is 17.2 Å². The molecule has 2 saturated heterocycles. The Hall–Kier alpha value is -3.56. The number of H-pyrrole nitrogens is 1. The van der Waals surface area contributed by atoms with E-state index in [4.69, 9.17) is 4.74 Å². The minimum Gasteiger partial charge on any atom is -0.444 e. The maximum absolute atomic E-state index is 13.5. The van der Waals surface area contributed by atoms with E-state index >= 15 is 0 Å². The van der Waals surface area contributed by atoms with Gasteiger partial charge in [-0.2, -0.15) is 0 Å². The van der Waals surface area contributed by atoms with Crippen molar-refractivity contribution in [1.29, 1.82) is 0 Å². The molecule has 2 aromatic rings. The predicted molar refractivity (Wildman–Crippen MR) is 137 cm³/mol. The zero-order chi connectivity index (χ0) is 26.1. The number of hydrogen-bond acceptors (Lipinski definition) is 6. The molecule has 3 heterocycles. The van der Waals surface area contributed by atoms with Gasteiger partial charge in [0.25, 0.3) is 5.91 Å². The number of anilines is 2. The number of nitrogens with zero attached hydrogens (tertiary/aromatic N) is 4. The minimum absolute atomic E-state index is 0.0161. The summed E-state index contributed by atoms with van der Waals surface area (Å²) in [6.45, 7) is 12.2. The molecule has 4 rings (SSSR count). The van der Waals surface area contributed by atoms with Gasteiger partial charge in [-0.05, 0) is 71.7 Å². The molecule has 10 nitrogen and oxygen atoms in total. The van der Waals surface area contributed by atoms with Crippen LogP contribution in [0.4, 0.5) is 16.2 Å². The number of aromatic amines is 1. The number of likely N-dealkylation sites (tertiary alicyclic amines) is 1. The molecule has 0 saturated carbocycles. The van der Waals surface area contributed by atoms with E-state index in [9.17, 15) is 14.4 Å². The molecule has 1 aromatic carbocycles. The van der Waals surface area contributed by atoms with Crippen LogP contribution in [0.3, 0.4) is 0 Å². The lowest BCUT2D eigenvalue weighted by molar-refractivity contribution is -0.142. The Kier molecular flexibility index (Phi) is 6.97. The SMILES string of the molecule is Cc1ncc(C(=O)Nc2ccc(N3CCN(C(=O)[C@@]4(C)CCCN4C(=O)OC(C)(C)C)CC3)cc2)[nH]1. The number of amides is 3. The largest absolute Gasteiger partial charge is 0.444 e. The molecule has 1 atom stereocenters. The van der Waals surface area contributed by atoms with Gasteiger partial charge < -0.3 is 24.8 Å². The molecule has 36 heavy (non-hydrogen) atoms. The van der Waals surface area contributed by atoms with Crippen molar-refractivity contribution in [3.8, 4) is 0 Å². The number of benzene rings is 1. The summed E-state index contributed by atoms with van der Waals surface area (Å²) in [6.07, 6.45) is 2.50. The van der Waals surface area contributed by atoms with Crippen LogP contribution in [0.2, 0.25) is 0 Å². The summed E-state index contributed by atoms with van der Waals surface area (Å²) in [7, 11) is 0. The van der Waals surface area contributed by atoms with Crippen molar-refractivity contribution in [2.24, 2.45) is 0 Å². The molecule has 0 aliphatic carbocycles. The summed E-state index contributed by atoms with van der Waals surface area (Å²) in [6, 6.07) is 7.67. The van der Waals surface area contributed by atoms with Crippen LogP contribution in [0, 0.1) is 6.92 Å². The summed E-state index contributed by atoms with van der Waals surface area (Å²) >= 11 is 0. The van der Waals surface area contributed by atoms with Crippen LogP contribution in [-0.2, 0) is 9.53 Å². The number of carbonyl (C=O) groups is 3. The minimum atomic E-state index is -0.877. The molecule has 0 unspecified atom stereocenters. The third-order valence-corrected chi connectivity index (χ3v) is 6.72. The lowest BCUT2D eigenvalue weighted by Crippen LogP contribution is -2.60. The number of nitrogens with one attached hydrogen (secondary N) is 2. The molecular formula is C26H36N6O4. The fourth-order valence-electron chi connectivity index (χ4n) is 4.79. The van der Waals surface area contributed by atoms with Gasteiger partial charge in [0.05, 0.1) is 6.20 Å². The molecule has 0 bridgehead atoms. The van der Waals surface area contributed by atoms with E-state index in [1.807, 2.05) is 56.9 Å². The van der Waals surface area contributed by atoms with Crippen molar-refractivity contribution < 1.29 is 19.1 Å². The molecule has 3 amide bonds. The van der Waals surface area contributed by atoms with Gasteiger partial charge in [0, 0.05) is 44.1 Å². The standard InChI is InChI=1S/C26H36N6O4/c1-18-27-17-21(28-18)22(33)29-19-7-9-20(10-8-19)30-13-15-31(16-14-30)23(34)26(5)11-6-12-32(26)24(35)36-25(2,3)4/h7-10,17H,6,11-16H2,1-5H3,(H,27,28)(H,29,33)/t26-/m1/s1. The van der Waals surface area contributed by atoms with E-state index in [1.54, 1.807) is 11.8 Å². The van der Waals surface area contributed by atoms with Crippen LogP contribution >= 0.6 is 0 Å². The molecule has 2 aliphatic heterocycles. The maximum atomic E-state index is 13.5. The van der Waals surface area contributed by atoms with Gasteiger partial charge >= 0.3 is 6.09 Å². The first-order valence-corrected chi connectivity index (χ1v) is 12.4. The number of carbonyl (C=O) groups excluding carboxylic acids is 3. The number of rotatable bonds is 4. The number of aryl methyl sites for hydroxylation is 1. The quantitative estimate of drug-likeness (QED) is 0.671. The van der Waals surface area contributed by atoms with Crippen LogP contribution in [0.1, 0.15) is 56.8 Å². The third-order valence-electron chi connectivity index (χ3n) is 6.72. The van der Waals surface area contributed by atoms with Gasteiger partial charge in [0.2, 0.25) is 5.91 Å². The monoisotopic (exact) mass is 496 g/mol. The van der Waals surface area contributed by atoms with Gasteiger partial charge in [0.15, 0.2) is 0 Å². The average Bonchev–Trinajstić information content (AvgIpc) is 3.44. The summed E-state index contributed by atoms with van der Waals surface area (Å²) in [4.78, 5) is 51.3. The zero-order valence-electron chi connectivity index (χ0n) is 21.8. The van der Waals surface area contributed by atoms with Crippen molar-refractivity contribution in [3.05, 3.63) is 42.0 Å². The third kappa shape index (κ3) is 5.47. The van der Waals surface area contributed by atoms with Crippen molar-refractivity contribution in [1.82, 2.24) is 19.8 Å². The lowest BCUT2D eigenvalue weighted by atomic mass is 9.96. The average molecular weight is 497 g/mol. The number of ether oxygens (including phenoxy) is 1. The molecular weight excluding hydrogens is 460 g/mol.